The Morgan fingerprint density at radius 3 is 2.44 bits per heavy atom. The van der Waals surface area contributed by atoms with Crippen LogP contribution in [0, 0.1) is 6.92 Å². The van der Waals surface area contributed by atoms with Gasteiger partial charge in [-0.1, -0.05) is 0 Å². The average Bonchev–Trinajstić information content (AvgIpc) is 3.02. The third-order valence-corrected chi connectivity index (χ3v) is 8.08. The SMILES string of the molecule is Cc1cn([C@H]2C[C@@H](OC(=O)CCS)[C@@H](COP(=O)(O)OP(=O)(O)OP(=O)(O)O)O2)c(=O)[nH]c1=O. The first-order chi connectivity index (χ1) is 15.5. The van der Waals surface area contributed by atoms with Crippen molar-refractivity contribution >= 4 is 42.1 Å². The van der Waals surface area contributed by atoms with Gasteiger partial charge in [-0.05, 0) is 6.92 Å². The van der Waals surface area contributed by atoms with Crippen LogP contribution >= 0.6 is 36.1 Å². The van der Waals surface area contributed by atoms with Crippen molar-refractivity contribution in [2.24, 2.45) is 0 Å². The molecular weight excluding hydrogens is 549 g/mol. The smallest absolute Gasteiger partial charge is 0.459 e. The normalized spacial score (nSPS) is 24.4. The summed E-state index contributed by atoms with van der Waals surface area (Å²) in [7, 11) is -16.8. The number of ether oxygens (including phenoxy) is 2. The maximum atomic E-state index is 12.1. The summed E-state index contributed by atoms with van der Waals surface area (Å²) in [4.78, 5) is 73.6. The molecule has 17 nitrogen and oxygen atoms in total. The number of aryl methyl sites for hydroxylation is 1. The number of H-pyrrole nitrogens is 1. The minimum absolute atomic E-state index is 0.107. The van der Waals surface area contributed by atoms with Gasteiger partial charge in [-0.3, -0.25) is 23.7 Å². The van der Waals surface area contributed by atoms with Gasteiger partial charge in [-0.2, -0.15) is 21.3 Å². The van der Waals surface area contributed by atoms with Crippen molar-refractivity contribution in [2.75, 3.05) is 12.4 Å². The standard InChI is InChI=1S/C13H21N2O15P3S/c1-7-5-15(13(18)14-12(7)17)10-4-8(28-11(16)2-3-34)9(27-10)6-26-32(22,23)30-33(24,25)29-31(19,20)21/h5,8-10,34H,2-4,6H2,1H3,(H,22,23)(H,24,25)(H,14,17,18)(H2,19,20,21)/t8-,9-,10-/m1/s1. The molecule has 0 aromatic carbocycles. The predicted octanol–water partition coefficient (Wildman–Crippen LogP) is -0.292. The summed E-state index contributed by atoms with van der Waals surface area (Å²) in [6, 6.07) is 0. The van der Waals surface area contributed by atoms with Crippen LogP contribution in [0.3, 0.4) is 0 Å². The second-order valence-corrected chi connectivity index (χ2v) is 11.6. The molecule has 0 aliphatic carbocycles. The third kappa shape index (κ3) is 8.82. The number of nitrogens with zero attached hydrogens (tertiary/aromatic N) is 1. The van der Waals surface area contributed by atoms with Crippen LogP contribution in [0.2, 0.25) is 0 Å². The van der Waals surface area contributed by atoms with E-state index in [1.807, 2.05) is 0 Å². The summed E-state index contributed by atoms with van der Waals surface area (Å²) < 4.78 is 57.6. The monoisotopic (exact) mass is 570 g/mol. The van der Waals surface area contributed by atoms with E-state index in [-0.39, 0.29) is 24.2 Å². The first-order valence-electron chi connectivity index (χ1n) is 9.08. The van der Waals surface area contributed by atoms with E-state index < -0.39 is 65.7 Å². The van der Waals surface area contributed by atoms with Gasteiger partial charge in [0.2, 0.25) is 0 Å². The Morgan fingerprint density at radius 1 is 1.21 bits per heavy atom. The number of aromatic amines is 1. The summed E-state index contributed by atoms with van der Waals surface area (Å²) >= 11 is 3.90. The van der Waals surface area contributed by atoms with Gasteiger partial charge < -0.3 is 29.0 Å². The molecule has 34 heavy (non-hydrogen) atoms. The van der Waals surface area contributed by atoms with E-state index in [9.17, 15) is 37.9 Å². The Balaban J connectivity index is 2.18. The summed E-state index contributed by atoms with van der Waals surface area (Å²) in [5, 5.41) is 0. The summed E-state index contributed by atoms with van der Waals surface area (Å²) in [5.74, 6) is -0.585. The highest BCUT2D eigenvalue weighted by Gasteiger charge is 2.44. The van der Waals surface area contributed by atoms with E-state index in [2.05, 4.69) is 30.8 Å². The van der Waals surface area contributed by atoms with Crippen LogP contribution in [0.15, 0.2) is 15.8 Å². The molecule has 0 spiro atoms. The lowest BCUT2D eigenvalue weighted by atomic mass is 10.2. The van der Waals surface area contributed by atoms with Gasteiger partial charge in [-0.15, -0.1) is 0 Å². The highest BCUT2D eigenvalue weighted by Crippen LogP contribution is 2.66. The van der Waals surface area contributed by atoms with Gasteiger partial charge >= 0.3 is 35.1 Å². The van der Waals surface area contributed by atoms with Crippen LogP contribution < -0.4 is 11.2 Å². The number of rotatable bonds is 11. The van der Waals surface area contributed by atoms with Crippen LogP contribution in [-0.2, 0) is 41.1 Å². The van der Waals surface area contributed by atoms with E-state index in [1.54, 1.807) is 0 Å². The molecule has 0 radical (unpaired) electrons. The first kappa shape index (κ1) is 29.1. The van der Waals surface area contributed by atoms with Gasteiger partial charge in [0.05, 0.1) is 13.0 Å². The second-order valence-electron chi connectivity index (χ2n) is 6.73. The number of esters is 1. The summed E-state index contributed by atoms with van der Waals surface area (Å²) in [6.45, 7) is 0.511. The number of thiol groups is 1. The van der Waals surface area contributed by atoms with Crippen molar-refractivity contribution < 1.29 is 60.7 Å². The Hall–Kier alpha value is -1.13. The molecule has 2 rings (SSSR count). The minimum Gasteiger partial charge on any atom is -0.459 e. The van der Waals surface area contributed by atoms with Crippen LogP contribution in [0.1, 0.15) is 24.6 Å². The molecule has 0 saturated carbocycles. The quantitative estimate of drug-likeness (QED) is 0.114. The molecule has 2 heterocycles. The van der Waals surface area contributed by atoms with Crippen LogP contribution in [0.5, 0.6) is 0 Å². The zero-order valence-electron chi connectivity index (χ0n) is 17.2. The number of phosphoric acid groups is 3. The number of nitrogens with one attached hydrogen (secondary N) is 1. The molecule has 1 aromatic rings. The van der Waals surface area contributed by atoms with E-state index in [1.165, 1.54) is 13.1 Å². The van der Waals surface area contributed by atoms with Gasteiger partial charge in [0.1, 0.15) is 18.4 Å². The van der Waals surface area contributed by atoms with Crippen LogP contribution in [0.4, 0.5) is 0 Å². The maximum absolute atomic E-state index is 12.1. The van der Waals surface area contributed by atoms with Crippen molar-refractivity contribution in [3.63, 3.8) is 0 Å². The number of aromatic nitrogens is 2. The average molecular weight is 570 g/mol. The lowest BCUT2D eigenvalue weighted by Gasteiger charge is -2.21. The zero-order valence-corrected chi connectivity index (χ0v) is 20.7. The van der Waals surface area contributed by atoms with Gasteiger partial charge in [0, 0.05) is 23.9 Å². The molecular formula is C13H21N2O15P3S. The topological polar surface area (TPSA) is 250 Å². The molecule has 1 saturated heterocycles. The molecule has 194 valence electrons. The Labute approximate surface area is 195 Å². The van der Waals surface area contributed by atoms with Crippen molar-refractivity contribution in [2.45, 2.75) is 38.2 Å². The molecule has 5 atom stereocenters. The minimum atomic E-state index is -5.74. The largest absolute Gasteiger partial charge is 0.490 e. The third-order valence-electron chi connectivity index (χ3n) is 4.05. The second kappa shape index (κ2) is 11.3. The predicted molar refractivity (Wildman–Crippen MR) is 113 cm³/mol. The Morgan fingerprint density at radius 2 is 1.85 bits per heavy atom. The summed E-state index contributed by atoms with van der Waals surface area (Å²) in [5.41, 5.74) is -1.33. The fraction of sp³-hybridized carbons (Fsp3) is 0.615. The van der Waals surface area contributed by atoms with Crippen molar-refractivity contribution in [1.29, 1.82) is 0 Å². The number of carbonyl (C=O) groups is 1. The number of carbonyl (C=O) groups excluding carboxylic acids is 1. The first-order valence-corrected chi connectivity index (χ1v) is 14.2. The molecule has 0 bridgehead atoms. The van der Waals surface area contributed by atoms with E-state index in [0.717, 1.165) is 4.57 Å². The van der Waals surface area contributed by atoms with Crippen LogP contribution in [0.25, 0.3) is 0 Å². The number of hydrogen-bond acceptors (Lipinski definition) is 12. The zero-order chi connectivity index (χ0) is 25.9. The molecule has 21 heteroatoms. The molecule has 2 unspecified atom stereocenters. The maximum Gasteiger partial charge on any atom is 0.490 e. The highest BCUT2D eigenvalue weighted by atomic mass is 32.1. The fourth-order valence-corrected chi connectivity index (χ4v) is 5.95. The number of hydrogen-bond donors (Lipinski definition) is 6. The van der Waals surface area contributed by atoms with Gasteiger partial charge in [0.25, 0.3) is 5.56 Å². The van der Waals surface area contributed by atoms with E-state index >= 15 is 0 Å². The lowest BCUT2D eigenvalue weighted by Crippen LogP contribution is -2.33. The molecule has 1 aromatic heterocycles. The van der Waals surface area contributed by atoms with Crippen molar-refractivity contribution in [1.82, 2.24) is 9.55 Å². The van der Waals surface area contributed by atoms with E-state index in [4.69, 9.17) is 19.3 Å². The van der Waals surface area contributed by atoms with Crippen molar-refractivity contribution in [3.05, 3.63) is 32.6 Å². The fourth-order valence-electron chi connectivity index (χ4n) is 2.74. The van der Waals surface area contributed by atoms with Crippen molar-refractivity contribution in [3.8, 4) is 0 Å². The molecule has 0 amide bonds. The Bertz CT molecular complexity index is 1160. The highest BCUT2D eigenvalue weighted by molar-refractivity contribution is 7.80. The summed E-state index contributed by atoms with van der Waals surface area (Å²) in [6.07, 6.45) is -2.67. The Kier molecular flexibility index (Phi) is 9.66. The molecule has 1 aliphatic rings. The van der Waals surface area contributed by atoms with Gasteiger partial charge in [0.15, 0.2) is 0 Å². The molecule has 1 aliphatic heterocycles. The van der Waals surface area contributed by atoms with E-state index in [0.29, 0.717) is 0 Å². The van der Waals surface area contributed by atoms with Crippen LogP contribution in [-0.4, -0.2) is 59.7 Å². The number of phosphoric ester groups is 1. The molecule has 1 fully saturated rings. The molecule has 5 N–H and O–H groups in total. The lowest BCUT2D eigenvalue weighted by molar-refractivity contribution is -0.152. The van der Waals surface area contributed by atoms with Gasteiger partial charge in [-0.25, -0.2) is 18.5 Å².